The van der Waals surface area contributed by atoms with Gasteiger partial charge in [-0.05, 0) is 46.4 Å². The summed E-state index contributed by atoms with van der Waals surface area (Å²) >= 11 is 8.72. The van der Waals surface area contributed by atoms with Crippen LogP contribution in [0.2, 0.25) is 0 Å². The van der Waals surface area contributed by atoms with Crippen molar-refractivity contribution >= 4 is 54.5 Å². The molecular formula is C13H6Br2F3I. The highest BCUT2D eigenvalue weighted by Gasteiger charge is 2.22. The Morgan fingerprint density at radius 2 is 1.58 bits per heavy atom. The average Bonchev–Trinajstić information content (AvgIpc) is 2.30. The minimum absolute atomic E-state index is 0.205. The van der Waals surface area contributed by atoms with Gasteiger partial charge in [0.25, 0.3) is 0 Å². The van der Waals surface area contributed by atoms with Crippen molar-refractivity contribution in [1.82, 2.24) is 0 Å². The van der Waals surface area contributed by atoms with Crippen LogP contribution in [0, 0.1) is 21.0 Å². The molecule has 0 spiro atoms. The number of benzene rings is 2. The zero-order valence-electron chi connectivity index (χ0n) is 9.23. The van der Waals surface area contributed by atoms with E-state index in [1.807, 2.05) is 6.07 Å². The molecular weight excluding hydrogens is 500 g/mol. The molecule has 0 radical (unpaired) electrons. The van der Waals surface area contributed by atoms with Crippen molar-refractivity contribution in [3.63, 3.8) is 0 Å². The monoisotopic (exact) mass is 504 g/mol. The maximum Gasteiger partial charge on any atom is 0.133 e. The number of hydrogen-bond acceptors (Lipinski definition) is 0. The lowest BCUT2D eigenvalue weighted by molar-refractivity contribution is 0.527. The lowest BCUT2D eigenvalue weighted by atomic mass is 10.0. The fraction of sp³-hybridized carbons (Fsp3) is 0.0769. The van der Waals surface area contributed by atoms with Gasteiger partial charge in [0.15, 0.2) is 0 Å². The van der Waals surface area contributed by atoms with Gasteiger partial charge in [0.1, 0.15) is 17.5 Å². The number of alkyl halides is 1. The normalized spacial score (nSPS) is 12.5. The molecule has 100 valence electrons. The molecule has 0 amide bonds. The number of hydrogen-bond donors (Lipinski definition) is 0. The Labute approximate surface area is 138 Å². The molecule has 0 fully saturated rings. The Morgan fingerprint density at radius 1 is 1.00 bits per heavy atom. The second kappa shape index (κ2) is 6.13. The van der Waals surface area contributed by atoms with Crippen LogP contribution < -0.4 is 0 Å². The highest BCUT2D eigenvalue weighted by molar-refractivity contribution is 14.1. The van der Waals surface area contributed by atoms with Crippen molar-refractivity contribution in [2.24, 2.45) is 0 Å². The lowest BCUT2D eigenvalue weighted by Gasteiger charge is -2.15. The van der Waals surface area contributed by atoms with Crippen LogP contribution in [0.15, 0.2) is 34.8 Å². The molecule has 19 heavy (non-hydrogen) atoms. The number of halogens is 6. The molecule has 0 aliphatic rings. The second-order valence-electron chi connectivity index (χ2n) is 3.81. The molecule has 1 unspecified atom stereocenters. The van der Waals surface area contributed by atoms with Gasteiger partial charge in [-0.3, -0.25) is 0 Å². The third-order valence-electron chi connectivity index (χ3n) is 2.53. The Bertz CT molecular complexity index is 608. The van der Waals surface area contributed by atoms with Crippen LogP contribution in [0.5, 0.6) is 0 Å². The van der Waals surface area contributed by atoms with Gasteiger partial charge >= 0.3 is 0 Å². The number of rotatable bonds is 2. The summed E-state index contributed by atoms with van der Waals surface area (Å²) in [5, 5.41) is 0. The van der Waals surface area contributed by atoms with E-state index in [9.17, 15) is 13.2 Å². The fourth-order valence-corrected chi connectivity index (χ4v) is 3.77. The molecule has 0 nitrogen and oxygen atoms in total. The molecule has 0 bridgehead atoms. The first kappa shape index (κ1) is 15.3. The molecule has 6 heteroatoms. The molecule has 0 heterocycles. The van der Waals surface area contributed by atoms with E-state index in [1.165, 1.54) is 0 Å². The molecule has 2 aromatic rings. The zero-order valence-corrected chi connectivity index (χ0v) is 14.6. The Balaban J connectivity index is 2.56. The fourth-order valence-electron chi connectivity index (χ4n) is 1.66. The Kier molecular flexibility index (Phi) is 4.94. The SMILES string of the molecule is Fc1cc(F)c(C(Br)c2cc(I)ccc2Br)c(F)c1. The quantitative estimate of drug-likeness (QED) is 0.349. The van der Waals surface area contributed by atoms with Crippen LogP contribution in [-0.2, 0) is 0 Å². The van der Waals surface area contributed by atoms with E-state index in [2.05, 4.69) is 54.5 Å². The van der Waals surface area contributed by atoms with E-state index in [0.717, 1.165) is 8.04 Å². The molecule has 1 atom stereocenters. The summed E-state index contributed by atoms with van der Waals surface area (Å²) in [4.78, 5) is -0.697. The van der Waals surface area contributed by atoms with E-state index in [1.54, 1.807) is 12.1 Å². The first-order valence-corrected chi connectivity index (χ1v) is 7.92. The summed E-state index contributed by atoms with van der Waals surface area (Å²) in [6, 6.07) is 6.81. The minimum Gasteiger partial charge on any atom is -0.207 e. The van der Waals surface area contributed by atoms with Crippen LogP contribution in [0.3, 0.4) is 0 Å². The summed E-state index contributed by atoms with van der Waals surface area (Å²) in [7, 11) is 0. The topological polar surface area (TPSA) is 0 Å². The second-order valence-corrected chi connectivity index (χ2v) is 6.83. The molecule has 0 N–H and O–H groups in total. The summed E-state index contributed by atoms with van der Waals surface area (Å²) in [6.07, 6.45) is 0. The molecule has 0 aliphatic carbocycles. The Morgan fingerprint density at radius 3 is 2.16 bits per heavy atom. The van der Waals surface area contributed by atoms with E-state index >= 15 is 0 Å². The van der Waals surface area contributed by atoms with E-state index in [4.69, 9.17) is 0 Å². The van der Waals surface area contributed by atoms with Crippen molar-refractivity contribution in [1.29, 1.82) is 0 Å². The maximum absolute atomic E-state index is 13.8. The molecule has 0 aromatic heterocycles. The predicted molar refractivity (Wildman–Crippen MR) is 83.9 cm³/mol. The third-order valence-corrected chi connectivity index (χ3v) is 4.87. The summed E-state index contributed by atoms with van der Waals surface area (Å²) in [6.45, 7) is 0. The van der Waals surface area contributed by atoms with E-state index in [-0.39, 0.29) is 5.56 Å². The van der Waals surface area contributed by atoms with Crippen LogP contribution >= 0.6 is 54.5 Å². The van der Waals surface area contributed by atoms with Gasteiger partial charge < -0.3 is 0 Å². The smallest absolute Gasteiger partial charge is 0.133 e. The maximum atomic E-state index is 13.8. The van der Waals surface area contributed by atoms with Gasteiger partial charge in [0.05, 0.1) is 4.83 Å². The van der Waals surface area contributed by atoms with E-state index < -0.39 is 22.3 Å². The van der Waals surface area contributed by atoms with Crippen LogP contribution in [-0.4, -0.2) is 0 Å². The van der Waals surface area contributed by atoms with Crippen molar-refractivity contribution in [2.45, 2.75) is 4.83 Å². The van der Waals surface area contributed by atoms with Crippen molar-refractivity contribution in [3.8, 4) is 0 Å². The molecule has 2 rings (SSSR count). The van der Waals surface area contributed by atoms with Crippen LogP contribution in [0.25, 0.3) is 0 Å². The summed E-state index contributed by atoms with van der Waals surface area (Å²) in [5.74, 6) is -2.75. The van der Waals surface area contributed by atoms with Crippen molar-refractivity contribution < 1.29 is 13.2 Å². The van der Waals surface area contributed by atoms with Gasteiger partial charge in [0.2, 0.25) is 0 Å². The van der Waals surface area contributed by atoms with Crippen LogP contribution in [0.4, 0.5) is 13.2 Å². The van der Waals surface area contributed by atoms with Gasteiger partial charge in [0, 0.05) is 25.7 Å². The zero-order chi connectivity index (χ0) is 14.2. The highest BCUT2D eigenvalue weighted by atomic mass is 127. The largest absolute Gasteiger partial charge is 0.207 e. The van der Waals surface area contributed by atoms with Crippen molar-refractivity contribution in [3.05, 3.63) is 67.0 Å². The van der Waals surface area contributed by atoms with Crippen LogP contribution in [0.1, 0.15) is 16.0 Å². The predicted octanol–water partition coefficient (Wildman–Crippen LogP) is 5.96. The summed E-state index contributed by atoms with van der Waals surface area (Å²) < 4.78 is 42.1. The highest BCUT2D eigenvalue weighted by Crippen LogP contribution is 2.38. The third kappa shape index (κ3) is 3.33. The molecule has 0 saturated carbocycles. The standard InChI is InChI=1S/C13H6Br2F3I/c14-9-2-1-7(19)5-8(9)13(15)12-10(17)3-6(16)4-11(12)18/h1-5,13H. The first-order valence-electron chi connectivity index (χ1n) is 5.13. The van der Waals surface area contributed by atoms with Crippen molar-refractivity contribution in [2.75, 3.05) is 0 Å². The van der Waals surface area contributed by atoms with Gasteiger partial charge in [-0.25, -0.2) is 13.2 Å². The minimum atomic E-state index is -0.930. The average molecular weight is 506 g/mol. The lowest BCUT2D eigenvalue weighted by Crippen LogP contribution is -2.03. The van der Waals surface area contributed by atoms with Gasteiger partial charge in [-0.2, -0.15) is 0 Å². The van der Waals surface area contributed by atoms with E-state index in [0.29, 0.717) is 17.7 Å². The van der Waals surface area contributed by atoms with Gasteiger partial charge in [-0.15, -0.1) is 0 Å². The summed E-state index contributed by atoms with van der Waals surface area (Å²) in [5.41, 5.74) is 0.473. The Hall–Kier alpha value is -0.0800. The molecule has 2 aromatic carbocycles. The van der Waals surface area contributed by atoms with Gasteiger partial charge in [-0.1, -0.05) is 31.9 Å². The first-order chi connectivity index (χ1) is 8.90. The molecule has 0 aliphatic heterocycles. The molecule has 0 saturated heterocycles.